The molecule has 0 aliphatic carbocycles. The van der Waals surface area contributed by atoms with Gasteiger partial charge in [-0.1, -0.05) is 35.9 Å². The Morgan fingerprint density at radius 1 is 1.18 bits per heavy atom. The van der Waals surface area contributed by atoms with Crippen LogP contribution in [0.4, 0.5) is 5.82 Å². The first-order valence-electron chi connectivity index (χ1n) is 11.0. The summed E-state index contributed by atoms with van der Waals surface area (Å²) in [5.74, 6) is 0.722. The number of carbonyl (C=O) groups excluding carboxylic acids is 1. The fourth-order valence-corrected chi connectivity index (χ4v) is 4.68. The van der Waals surface area contributed by atoms with Crippen LogP contribution in [-0.4, -0.2) is 39.6 Å². The van der Waals surface area contributed by atoms with Gasteiger partial charge in [-0.3, -0.25) is 14.2 Å². The SMILES string of the molecule is O=C(NC1CCN(c2ccccn2)C1)c1ccc2c(=O)n(Cc3ccccc3Cl)c(=S)[nH]c2c1. The highest BCUT2D eigenvalue weighted by Gasteiger charge is 2.25. The molecular weight excluding hydrogens is 470 g/mol. The molecule has 1 saturated heterocycles. The lowest BCUT2D eigenvalue weighted by molar-refractivity contribution is 0.0940. The number of hydrogen-bond donors (Lipinski definition) is 2. The number of halogens is 1. The topological polar surface area (TPSA) is 83.0 Å². The summed E-state index contributed by atoms with van der Waals surface area (Å²) in [7, 11) is 0. The second kappa shape index (κ2) is 9.40. The second-order valence-corrected chi connectivity index (χ2v) is 9.06. The Morgan fingerprint density at radius 3 is 2.79 bits per heavy atom. The highest BCUT2D eigenvalue weighted by atomic mass is 35.5. The Balaban J connectivity index is 1.35. The van der Waals surface area contributed by atoms with Crippen molar-refractivity contribution in [2.45, 2.75) is 19.0 Å². The van der Waals surface area contributed by atoms with E-state index in [-0.39, 0.29) is 28.8 Å². The van der Waals surface area contributed by atoms with E-state index in [1.807, 2.05) is 36.4 Å². The summed E-state index contributed by atoms with van der Waals surface area (Å²) in [6, 6.07) is 18.2. The molecule has 0 spiro atoms. The summed E-state index contributed by atoms with van der Waals surface area (Å²) in [5, 5.41) is 4.12. The van der Waals surface area contributed by atoms with E-state index in [4.69, 9.17) is 23.8 Å². The Labute approximate surface area is 206 Å². The van der Waals surface area contributed by atoms with Crippen molar-refractivity contribution in [3.63, 3.8) is 0 Å². The number of H-pyrrole nitrogens is 1. The van der Waals surface area contributed by atoms with Gasteiger partial charge in [0.05, 0.1) is 17.4 Å². The highest BCUT2D eigenvalue weighted by molar-refractivity contribution is 7.71. The minimum Gasteiger partial charge on any atom is -0.354 e. The normalized spacial score (nSPS) is 15.6. The average molecular weight is 492 g/mol. The lowest BCUT2D eigenvalue weighted by atomic mass is 10.1. The third-order valence-electron chi connectivity index (χ3n) is 6.03. The van der Waals surface area contributed by atoms with Crippen LogP contribution in [0, 0.1) is 4.77 Å². The molecule has 1 amide bonds. The number of aromatic amines is 1. The maximum absolute atomic E-state index is 13.1. The molecule has 2 N–H and O–H groups in total. The number of hydrogen-bond acceptors (Lipinski definition) is 5. The Kier molecular flexibility index (Phi) is 6.17. The number of rotatable bonds is 5. The maximum Gasteiger partial charge on any atom is 0.262 e. The summed E-state index contributed by atoms with van der Waals surface area (Å²) in [4.78, 5) is 35.7. The first kappa shape index (κ1) is 22.3. The van der Waals surface area contributed by atoms with Crippen molar-refractivity contribution >= 4 is 46.4 Å². The Hall–Kier alpha value is -3.49. The minimum atomic E-state index is -0.229. The van der Waals surface area contributed by atoms with E-state index >= 15 is 0 Å². The number of carbonyl (C=O) groups is 1. The largest absolute Gasteiger partial charge is 0.354 e. The number of amides is 1. The van der Waals surface area contributed by atoms with Gasteiger partial charge in [-0.25, -0.2) is 4.98 Å². The van der Waals surface area contributed by atoms with Gasteiger partial charge in [0.2, 0.25) is 0 Å². The minimum absolute atomic E-state index is 0.0207. The van der Waals surface area contributed by atoms with E-state index < -0.39 is 0 Å². The molecule has 1 aliphatic rings. The predicted molar refractivity (Wildman–Crippen MR) is 136 cm³/mol. The van der Waals surface area contributed by atoms with Crippen molar-refractivity contribution in [2.75, 3.05) is 18.0 Å². The van der Waals surface area contributed by atoms with Crippen molar-refractivity contribution in [3.8, 4) is 0 Å². The highest BCUT2D eigenvalue weighted by Crippen LogP contribution is 2.19. The zero-order valence-electron chi connectivity index (χ0n) is 18.2. The summed E-state index contributed by atoms with van der Waals surface area (Å²) in [6.45, 7) is 1.80. The fourth-order valence-electron chi connectivity index (χ4n) is 4.23. The van der Waals surface area contributed by atoms with E-state index in [0.717, 1.165) is 24.3 Å². The number of fused-ring (bicyclic) bond motifs is 1. The molecule has 9 heteroatoms. The number of nitrogens with one attached hydrogen (secondary N) is 2. The second-order valence-electron chi connectivity index (χ2n) is 8.27. The molecule has 172 valence electrons. The monoisotopic (exact) mass is 491 g/mol. The number of benzene rings is 2. The summed E-state index contributed by atoms with van der Waals surface area (Å²) in [5.41, 5.74) is 1.57. The Morgan fingerprint density at radius 2 is 2.00 bits per heavy atom. The van der Waals surface area contributed by atoms with Gasteiger partial charge in [-0.05, 0) is 60.6 Å². The van der Waals surface area contributed by atoms with Crippen molar-refractivity contribution < 1.29 is 4.79 Å². The van der Waals surface area contributed by atoms with Crippen molar-refractivity contribution in [1.82, 2.24) is 19.9 Å². The molecular formula is C25H22ClN5O2S. The van der Waals surface area contributed by atoms with Gasteiger partial charge >= 0.3 is 0 Å². The van der Waals surface area contributed by atoms with Gasteiger partial charge in [-0.15, -0.1) is 0 Å². The van der Waals surface area contributed by atoms with Crippen LogP contribution in [0.2, 0.25) is 5.02 Å². The summed E-state index contributed by atoms with van der Waals surface area (Å²) >= 11 is 11.7. The molecule has 7 nitrogen and oxygen atoms in total. The van der Waals surface area contributed by atoms with Crippen LogP contribution in [0.3, 0.4) is 0 Å². The molecule has 4 aromatic rings. The lowest BCUT2D eigenvalue weighted by Crippen LogP contribution is -2.37. The predicted octanol–water partition coefficient (Wildman–Crippen LogP) is 4.16. The summed E-state index contributed by atoms with van der Waals surface area (Å²) in [6.07, 6.45) is 2.60. The van der Waals surface area contributed by atoms with Crippen LogP contribution in [0.5, 0.6) is 0 Å². The van der Waals surface area contributed by atoms with Gasteiger partial charge in [0, 0.05) is 35.9 Å². The number of nitrogens with zero attached hydrogens (tertiary/aromatic N) is 3. The molecule has 34 heavy (non-hydrogen) atoms. The van der Waals surface area contributed by atoms with E-state index in [2.05, 4.69) is 20.2 Å². The summed E-state index contributed by atoms with van der Waals surface area (Å²) < 4.78 is 1.75. The standard InChI is InChI=1S/C25H22ClN5O2S/c26-20-6-2-1-5-17(20)14-31-24(33)19-9-8-16(13-21(19)29-25(31)34)23(32)28-18-10-12-30(15-18)22-7-3-4-11-27-22/h1-9,11,13,18H,10,12,14-15H2,(H,28,32)(H,29,34). The van der Waals surface area contributed by atoms with Crippen LogP contribution >= 0.6 is 23.8 Å². The molecule has 2 aromatic heterocycles. The molecule has 1 fully saturated rings. The third kappa shape index (κ3) is 4.47. The molecule has 1 atom stereocenters. The zero-order chi connectivity index (χ0) is 23.7. The first-order valence-corrected chi connectivity index (χ1v) is 11.8. The van der Waals surface area contributed by atoms with Crippen molar-refractivity contribution in [3.05, 3.63) is 98.1 Å². The molecule has 0 radical (unpaired) electrons. The van der Waals surface area contributed by atoms with Gasteiger partial charge in [-0.2, -0.15) is 0 Å². The zero-order valence-corrected chi connectivity index (χ0v) is 19.8. The van der Waals surface area contributed by atoms with Crippen molar-refractivity contribution in [2.24, 2.45) is 0 Å². The van der Waals surface area contributed by atoms with Crippen LogP contribution in [-0.2, 0) is 6.54 Å². The van der Waals surface area contributed by atoms with Crippen LogP contribution in [0.15, 0.2) is 71.7 Å². The van der Waals surface area contributed by atoms with Gasteiger partial charge in [0.25, 0.3) is 11.5 Å². The lowest BCUT2D eigenvalue weighted by Gasteiger charge is -2.17. The molecule has 5 rings (SSSR count). The number of anilines is 1. The molecule has 0 saturated carbocycles. The van der Waals surface area contributed by atoms with E-state index in [0.29, 0.717) is 28.0 Å². The van der Waals surface area contributed by atoms with Crippen LogP contribution < -0.4 is 15.8 Å². The van der Waals surface area contributed by atoms with E-state index in [1.54, 1.807) is 30.5 Å². The van der Waals surface area contributed by atoms with Crippen LogP contribution in [0.1, 0.15) is 22.3 Å². The molecule has 1 unspecified atom stereocenters. The third-order valence-corrected chi connectivity index (χ3v) is 6.72. The smallest absolute Gasteiger partial charge is 0.262 e. The Bertz CT molecular complexity index is 1480. The van der Waals surface area contributed by atoms with Gasteiger partial charge < -0.3 is 15.2 Å². The fraction of sp³-hybridized carbons (Fsp3) is 0.200. The quantitative estimate of drug-likeness (QED) is 0.409. The number of aromatic nitrogens is 3. The van der Waals surface area contributed by atoms with Gasteiger partial charge in [0.15, 0.2) is 4.77 Å². The maximum atomic E-state index is 13.1. The number of pyridine rings is 1. The molecule has 3 heterocycles. The van der Waals surface area contributed by atoms with Crippen molar-refractivity contribution in [1.29, 1.82) is 0 Å². The molecule has 2 aromatic carbocycles. The molecule has 1 aliphatic heterocycles. The molecule has 0 bridgehead atoms. The van der Waals surface area contributed by atoms with Gasteiger partial charge in [0.1, 0.15) is 5.82 Å². The van der Waals surface area contributed by atoms with E-state index in [9.17, 15) is 9.59 Å². The van der Waals surface area contributed by atoms with Crippen LogP contribution in [0.25, 0.3) is 10.9 Å². The average Bonchev–Trinajstić information content (AvgIpc) is 3.31. The van der Waals surface area contributed by atoms with E-state index in [1.165, 1.54) is 4.57 Å². The first-order chi connectivity index (χ1) is 16.5.